The highest BCUT2D eigenvalue weighted by molar-refractivity contribution is 14.0. The van der Waals surface area contributed by atoms with Gasteiger partial charge in [0.1, 0.15) is 10.8 Å². The number of rotatable bonds is 7. The molecular weight excluding hydrogens is 423 g/mol. The van der Waals surface area contributed by atoms with E-state index in [-0.39, 0.29) is 24.0 Å². The molecule has 0 aromatic carbocycles. The van der Waals surface area contributed by atoms with Crippen LogP contribution in [0.25, 0.3) is 0 Å². The second-order valence-corrected chi connectivity index (χ2v) is 6.88. The summed E-state index contributed by atoms with van der Waals surface area (Å²) >= 11 is 1.69. The number of hydrogen-bond acceptors (Lipinski definition) is 4. The Morgan fingerprint density at radius 2 is 2.22 bits per heavy atom. The van der Waals surface area contributed by atoms with Crippen molar-refractivity contribution in [1.29, 1.82) is 0 Å². The summed E-state index contributed by atoms with van der Waals surface area (Å²) in [6, 6.07) is 3.89. The molecular formula is C16H25IN4OS. The van der Waals surface area contributed by atoms with Gasteiger partial charge in [0.2, 0.25) is 0 Å². The zero-order valence-electron chi connectivity index (χ0n) is 13.8. The molecule has 0 unspecified atom stereocenters. The quantitative estimate of drug-likeness (QED) is 0.386. The molecule has 2 aromatic heterocycles. The SMILES string of the molecule is Cc1cnc(CN=C(NCCc2ccco2)NCC(C)C)s1.I. The van der Waals surface area contributed by atoms with Gasteiger partial charge in [-0.2, -0.15) is 0 Å². The van der Waals surface area contributed by atoms with Crippen molar-refractivity contribution in [2.75, 3.05) is 13.1 Å². The van der Waals surface area contributed by atoms with Crippen LogP contribution in [0.2, 0.25) is 0 Å². The Balaban J connectivity index is 0.00000264. The van der Waals surface area contributed by atoms with Crippen LogP contribution in [0.1, 0.15) is 29.5 Å². The predicted molar refractivity (Wildman–Crippen MR) is 107 cm³/mol. The van der Waals surface area contributed by atoms with Gasteiger partial charge < -0.3 is 15.1 Å². The van der Waals surface area contributed by atoms with Gasteiger partial charge in [-0.05, 0) is 25.0 Å². The summed E-state index contributed by atoms with van der Waals surface area (Å²) in [4.78, 5) is 10.2. The third-order valence-corrected chi connectivity index (χ3v) is 3.86. The average Bonchev–Trinajstić information content (AvgIpc) is 3.12. The maximum absolute atomic E-state index is 5.34. The Morgan fingerprint density at radius 1 is 1.39 bits per heavy atom. The smallest absolute Gasteiger partial charge is 0.191 e. The second kappa shape index (κ2) is 10.6. The minimum absolute atomic E-state index is 0. The van der Waals surface area contributed by atoms with Gasteiger partial charge in [-0.3, -0.25) is 0 Å². The molecule has 23 heavy (non-hydrogen) atoms. The van der Waals surface area contributed by atoms with Crippen LogP contribution in [0.3, 0.4) is 0 Å². The van der Waals surface area contributed by atoms with Crippen LogP contribution in [0.5, 0.6) is 0 Å². The lowest BCUT2D eigenvalue weighted by Crippen LogP contribution is -2.40. The van der Waals surface area contributed by atoms with E-state index in [0.717, 1.165) is 36.2 Å². The number of nitrogens with one attached hydrogen (secondary N) is 2. The molecule has 0 saturated carbocycles. The second-order valence-electron chi connectivity index (χ2n) is 5.56. The molecule has 7 heteroatoms. The molecule has 2 N–H and O–H groups in total. The summed E-state index contributed by atoms with van der Waals surface area (Å²) in [5, 5.41) is 7.74. The first-order valence-corrected chi connectivity index (χ1v) is 8.41. The maximum atomic E-state index is 5.34. The van der Waals surface area contributed by atoms with Gasteiger partial charge in [-0.15, -0.1) is 35.3 Å². The Labute approximate surface area is 159 Å². The normalized spacial score (nSPS) is 11.4. The van der Waals surface area contributed by atoms with Crippen molar-refractivity contribution in [3.8, 4) is 0 Å². The standard InChI is InChI=1S/C16H24N4OS.HI/c1-12(2)9-19-16(17-7-6-14-5-4-8-21-14)20-11-15-18-10-13(3)22-15;/h4-5,8,10,12H,6-7,9,11H2,1-3H3,(H2,17,19,20);1H. The molecule has 0 fully saturated rings. The van der Waals surface area contributed by atoms with Crippen molar-refractivity contribution in [3.63, 3.8) is 0 Å². The third-order valence-electron chi connectivity index (χ3n) is 2.96. The first-order chi connectivity index (χ1) is 10.6. The molecule has 128 valence electrons. The van der Waals surface area contributed by atoms with E-state index in [4.69, 9.17) is 4.42 Å². The van der Waals surface area contributed by atoms with E-state index < -0.39 is 0 Å². The average molecular weight is 448 g/mol. The van der Waals surface area contributed by atoms with Crippen molar-refractivity contribution >= 4 is 41.3 Å². The fraction of sp³-hybridized carbons (Fsp3) is 0.500. The molecule has 2 rings (SSSR count). The summed E-state index contributed by atoms with van der Waals surface area (Å²) in [7, 11) is 0. The Hall–Kier alpha value is -1.09. The molecule has 2 heterocycles. The molecule has 0 bridgehead atoms. The lowest BCUT2D eigenvalue weighted by molar-refractivity contribution is 0.506. The number of aryl methyl sites for hydroxylation is 1. The number of guanidine groups is 1. The lowest BCUT2D eigenvalue weighted by Gasteiger charge is -2.13. The third kappa shape index (κ3) is 7.83. The number of aromatic nitrogens is 1. The highest BCUT2D eigenvalue weighted by Gasteiger charge is 2.03. The first kappa shape index (κ1) is 20.0. The van der Waals surface area contributed by atoms with Crippen LogP contribution >= 0.6 is 35.3 Å². The molecule has 0 aliphatic carbocycles. The monoisotopic (exact) mass is 448 g/mol. The number of thiazole rings is 1. The van der Waals surface area contributed by atoms with Crippen LogP contribution in [0, 0.1) is 12.8 Å². The van der Waals surface area contributed by atoms with Gasteiger partial charge in [0.25, 0.3) is 0 Å². The van der Waals surface area contributed by atoms with Crippen LogP contribution < -0.4 is 10.6 Å². The van der Waals surface area contributed by atoms with Crippen LogP contribution in [0.15, 0.2) is 34.0 Å². The number of furan rings is 1. The van der Waals surface area contributed by atoms with Gasteiger partial charge in [0.05, 0.1) is 12.8 Å². The van der Waals surface area contributed by atoms with Crippen molar-refractivity contribution < 1.29 is 4.42 Å². The fourth-order valence-electron chi connectivity index (χ4n) is 1.86. The minimum Gasteiger partial charge on any atom is -0.469 e. The summed E-state index contributed by atoms with van der Waals surface area (Å²) in [5.41, 5.74) is 0. The molecule has 0 aliphatic heterocycles. The van der Waals surface area contributed by atoms with Crippen LogP contribution in [-0.2, 0) is 13.0 Å². The lowest BCUT2D eigenvalue weighted by atomic mass is 10.2. The van der Waals surface area contributed by atoms with Gasteiger partial charge in [-0.25, -0.2) is 9.98 Å². The molecule has 0 aliphatic rings. The molecule has 0 amide bonds. The van der Waals surface area contributed by atoms with E-state index in [0.29, 0.717) is 12.5 Å². The highest BCUT2D eigenvalue weighted by Crippen LogP contribution is 2.11. The van der Waals surface area contributed by atoms with Crippen molar-refractivity contribution in [2.45, 2.75) is 33.7 Å². The predicted octanol–water partition coefficient (Wildman–Crippen LogP) is 3.60. The zero-order chi connectivity index (χ0) is 15.8. The van der Waals surface area contributed by atoms with E-state index in [1.165, 1.54) is 4.88 Å². The zero-order valence-corrected chi connectivity index (χ0v) is 17.0. The Kier molecular flexibility index (Phi) is 9.23. The van der Waals surface area contributed by atoms with Crippen LogP contribution in [0.4, 0.5) is 0 Å². The molecule has 0 atom stereocenters. The van der Waals surface area contributed by atoms with E-state index in [9.17, 15) is 0 Å². The Morgan fingerprint density at radius 3 is 2.83 bits per heavy atom. The van der Waals surface area contributed by atoms with Crippen molar-refractivity contribution in [1.82, 2.24) is 15.6 Å². The topological polar surface area (TPSA) is 62.5 Å². The summed E-state index contributed by atoms with van der Waals surface area (Å²) < 4.78 is 5.34. The van der Waals surface area contributed by atoms with Crippen LogP contribution in [-0.4, -0.2) is 24.0 Å². The fourth-order valence-corrected chi connectivity index (χ4v) is 2.57. The van der Waals surface area contributed by atoms with Gasteiger partial charge in [-0.1, -0.05) is 13.8 Å². The highest BCUT2D eigenvalue weighted by atomic mass is 127. The molecule has 0 saturated heterocycles. The minimum atomic E-state index is 0. The van der Waals surface area contributed by atoms with Crippen molar-refractivity contribution in [3.05, 3.63) is 40.2 Å². The van der Waals surface area contributed by atoms with Gasteiger partial charge in [0.15, 0.2) is 5.96 Å². The number of halogens is 1. The molecule has 5 nitrogen and oxygen atoms in total. The first-order valence-electron chi connectivity index (χ1n) is 7.59. The van der Waals surface area contributed by atoms with E-state index in [1.807, 2.05) is 18.3 Å². The molecule has 0 radical (unpaired) electrons. The molecule has 2 aromatic rings. The summed E-state index contributed by atoms with van der Waals surface area (Å²) in [6.45, 7) is 8.70. The van der Waals surface area contributed by atoms with Gasteiger partial charge in [0, 0.05) is 30.6 Å². The van der Waals surface area contributed by atoms with E-state index >= 15 is 0 Å². The summed E-state index contributed by atoms with van der Waals surface area (Å²) in [6.07, 6.45) is 4.43. The van der Waals surface area contributed by atoms with E-state index in [2.05, 4.69) is 41.4 Å². The largest absolute Gasteiger partial charge is 0.469 e. The maximum Gasteiger partial charge on any atom is 0.191 e. The van der Waals surface area contributed by atoms with E-state index in [1.54, 1.807) is 17.6 Å². The number of hydrogen-bond donors (Lipinski definition) is 2. The number of nitrogens with zero attached hydrogens (tertiary/aromatic N) is 2. The van der Waals surface area contributed by atoms with Gasteiger partial charge >= 0.3 is 0 Å². The van der Waals surface area contributed by atoms with Crippen molar-refractivity contribution in [2.24, 2.45) is 10.9 Å². The number of aliphatic imine (C=N–C) groups is 1. The summed E-state index contributed by atoms with van der Waals surface area (Å²) in [5.74, 6) is 2.37. The molecule has 0 spiro atoms. The Bertz CT molecular complexity index is 581.